The maximum Gasteiger partial charge on any atom is 0.405 e. The summed E-state index contributed by atoms with van der Waals surface area (Å²) in [5, 5.41) is 4.68. The molecule has 2 aromatic rings. The predicted octanol–water partition coefficient (Wildman–Crippen LogP) is 2.58. The molecule has 3 rings (SSSR count). The molecule has 2 amide bonds. The molecule has 0 aromatic carbocycles. The Kier molecular flexibility index (Phi) is 5.99. The Morgan fingerprint density at radius 1 is 1.23 bits per heavy atom. The molecule has 162 valence electrons. The van der Waals surface area contributed by atoms with E-state index in [4.69, 9.17) is 0 Å². The van der Waals surface area contributed by atoms with Gasteiger partial charge in [0, 0.05) is 31.0 Å². The van der Waals surface area contributed by atoms with E-state index in [9.17, 15) is 22.8 Å². The second-order valence-electron chi connectivity index (χ2n) is 7.61. The van der Waals surface area contributed by atoms with Gasteiger partial charge in [0.2, 0.25) is 5.91 Å². The molecule has 0 unspecified atom stereocenters. The minimum Gasteiger partial charge on any atom is -0.356 e. The summed E-state index contributed by atoms with van der Waals surface area (Å²) in [7, 11) is 0. The molecule has 0 radical (unpaired) electrons. The number of hydrogen-bond donors (Lipinski definition) is 3. The molecule has 0 spiro atoms. The number of aromatic nitrogens is 3. The van der Waals surface area contributed by atoms with Crippen LogP contribution in [0, 0.1) is 0 Å². The first-order valence-electron chi connectivity index (χ1n) is 9.49. The normalized spacial score (nSPS) is 14.6. The highest BCUT2D eigenvalue weighted by Crippen LogP contribution is 2.21. The van der Waals surface area contributed by atoms with Crippen molar-refractivity contribution in [3.8, 4) is 11.4 Å². The summed E-state index contributed by atoms with van der Waals surface area (Å²) in [6, 6.07) is 3.16. The monoisotopic (exact) mass is 424 g/mol. The van der Waals surface area contributed by atoms with Gasteiger partial charge in [-0.1, -0.05) is 0 Å². The Morgan fingerprint density at radius 2 is 1.93 bits per heavy atom. The molecule has 1 saturated heterocycles. The van der Waals surface area contributed by atoms with Crippen LogP contribution in [0.1, 0.15) is 37.2 Å². The van der Waals surface area contributed by atoms with Gasteiger partial charge in [-0.05, 0) is 38.8 Å². The molecule has 11 heteroatoms. The molecule has 1 aliphatic rings. The summed E-state index contributed by atoms with van der Waals surface area (Å²) in [6.45, 7) is 2.94. The number of anilines is 1. The fourth-order valence-corrected chi connectivity index (χ4v) is 3.08. The molecule has 0 atom stereocenters. The molecule has 1 fully saturated rings. The Hall–Kier alpha value is -3.11. The summed E-state index contributed by atoms with van der Waals surface area (Å²) in [4.78, 5) is 37.8. The lowest BCUT2D eigenvalue weighted by Crippen LogP contribution is -2.50. The first kappa shape index (κ1) is 21.6. The van der Waals surface area contributed by atoms with Crippen molar-refractivity contribution in [1.82, 2.24) is 25.2 Å². The van der Waals surface area contributed by atoms with Gasteiger partial charge in [0.15, 0.2) is 5.82 Å². The maximum atomic E-state index is 12.5. The van der Waals surface area contributed by atoms with Gasteiger partial charge in [0.25, 0.3) is 5.91 Å². The second kappa shape index (κ2) is 8.33. The molecule has 0 saturated carbocycles. The lowest BCUT2D eigenvalue weighted by Gasteiger charge is -2.26. The number of carbonyl (C=O) groups is 2. The van der Waals surface area contributed by atoms with Gasteiger partial charge in [0.1, 0.15) is 23.6 Å². The van der Waals surface area contributed by atoms with E-state index in [2.05, 4.69) is 20.3 Å². The predicted molar refractivity (Wildman–Crippen MR) is 104 cm³/mol. The van der Waals surface area contributed by atoms with Crippen LogP contribution >= 0.6 is 0 Å². The van der Waals surface area contributed by atoms with Crippen molar-refractivity contribution in [3.05, 3.63) is 30.2 Å². The third-order valence-corrected chi connectivity index (χ3v) is 4.68. The van der Waals surface area contributed by atoms with Crippen molar-refractivity contribution in [2.24, 2.45) is 0 Å². The van der Waals surface area contributed by atoms with Gasteiger partial charge in [-0.25, -0.2) is 9.97 Å². The Morgan fingerprint density at radius 3 is 2.60 bits per heavy atom. The van der Waals surface area contributed by atoms with Crippen LogP contribution in [-0.2, 0) is 4.79 Å². The summed E-state index contributed by atoms with van der Waals surface area (Å²) < 4.78 is 37.0. The molecular weight excluding hydrogens is 401 g/mol. The number of nitrogens with one attached hydrogen (secondary N) is 3. The molecule has 0 bridgehead atoms. The van der Waals surface area contributed by atoms with Gasteiger partial charge in [0.05, 0.1) is 0 Å². The van der Waals surface area contributed by atoms with Gasteiger partial charge in [-0.15, -0.1) is 0 Å². The van der Waals surface area contributed by atoms with Crippen LogP contribution in [-0.4, -0.2) is 63.0 Å². The number of likely N-dealkylation sites (tertiary alicyclic amines) is 1. The zero-order valence-electron chi connectivity index (χ0n) is 16.6. The van der Waals surface area contributed by atoms with E-state index >= 15 is 0 Å². The SMILES string of the molecule is CC(C)(Nc1ccnc(-c2c[nH]c(C(=O)N3CCCC3)c2)n1)C(=O)NCC(F)(F)F. The van der Waals surface area contributed by atoms with Gasteiger partial charge in [-0.2, -0.15) is 13.2 Å². The van der Waals surface area contributed by atoms with E-state index in [1.165, 1.54) is 26.1 Å². The lowest BCUT2D eigenvalue weighted by atomic mass is 10.0. The highest BCUT2D eigenvalue weighted by molar-refractivity contribution is 5.94. The first-order valence-corrected chi connectivity index (χ1v) is 9.49. The van der Waals surface area contributed by atoms with E-state index < -0.39 is 24.2 Å². The molecular formula is C19H23F3N6O2. The van der Waals surface area contributed by atoms with Crippen molar-refractivity contribution in [1.29, 1.82) is 0 Å². The largest absolute Gasteiger partial charge is 0.405 e. The minimum absolute atomic E-state index is 0.0875. The second-order valence-corrected chi connectivity index (χ2v) is 7.61. The van der Waals surface area contributed by atoms with Crippen molar-refractivity contribution in [3.63, 3.8) is 0 Å². The van der Waals surface area contributed by atoms with E-state index in [-0.39, 0.29) is 11.7 Å². The standard InChI is InChI=1S/C19H23F3N6O2/c1-18(2,17(30)25-11-19(20,21)22)27-14-5-6-23-15(26-14)12-9-13(24-10-12)16(29)28-7-3-4-8-28/h5-6,9-10,24H,3-4,7-8,11H2,1-2H3,(H,25,30)(H,23,26,27). The quantitative estimate of drug-likeness (QED) is 0.662. The van der Waals surface area contributed by atoms with Crippen molar-refractivity contribution in [2.45, 2.75) is 38.4 Å². The van der Waals surface area contributed by atoms with Crippen LogP contribution < -0.4 is 10.6 Å². The fourth-order valence-electron chi connectivity index (χ4n) is 3.08. The molecule has 0 aliphatic carbocycles. The topological polar surface area (TPSA) is 103 Å². The Labute approximate surface area is 171 Å². The van der Waals surface area contributed by atoms with Crippen LogP contribution in [0.15, 0.2) is 24.5 Å². The molecule has 3 N–H and O–H groups in total. The van der Waals surface area contributed by atoms with Crippen LogP contribution in [0.25, 0.3) is 11.4 Å². The lowest BCUT2D eigenvalue weighted by molar-refractivity contribution is -0.140. The third kappa shape index (κ3) is 5.28. The van der Waals surface area contributed by atoms with E-state index in [1.54, 1.807) is 17.2 Å². The Bertz CT molecular complexity index is 919. The number of H-pyrrole nitrogens is 1. The molecule has 8 nitrogen and oxygen atoms in total. The van der Waals surface area contributed by atoms with Crippen molar-refractivity contribution in [2.75, 3.05) is 25.0 Å². The van der Waals surface area contributed by atoms with Crippen LogP contribution in [0.2, 0.25) is 0 Å². The molecule has 1 aliphatic heterocycles. The van der Waals surface area contributed by atoms with Crippen molar-refractivity contribution >= 4 is 17.6 Å². The summed E-state index contributed by atoms with van der Waals surface area (Å²) in [5.41, 5.74) is -0.326. The van der Waals surface area contributed by atoms with Crippen LogP contribution in [0.4, 0.5) is 19.0 Å². The first-order chi connectivity index (χ1) is 14.0. The number of nitrogens with zero attached hydrogens (tertiary/aromatic N) is 3. The average Bonchev–Trinajstić information content (AvgIpc) is 3.36. The number of amides is 2. The van der Waals surface area contributed by atoms with Crippen LogP contribution in [0.5, 0.6) is 0 Å². The highest BCUT2D eigenvalue weighted by atomic mass is 19.4. The summed E-state index contributed by atoms with van der Waals surface area (Å²) >= 11 is 0. The minimum atomic E-state index is -4.49. The molecule has 2 aromatic heterocycles. The fraction of sp³-hybridized carbons (Fsp3) is 0.474. The third-order valence-electron chi connectivity index (χ3n) is 4.68. The zero-order chi connectivity index (χ0) is 21.9. The number of hydrogen-bond acceptors (Lipinski definition) is 5. The number of carbonyl (C=O) groups excluding carboxylic acids is 2. The Balaban J connectivity index is 1.70. The van der Waals surface area contributed by atoms with Gasteiger partial charge >= 0.3 is 6.18 Å². The van der Waals surface area contributed by atoms with Gasteiger partial charge < -0.3 is 20.5 Å². The van der Waals surface area contributed by atoms with E-state index in [0.29, 0.717) is 17.1 Å². The van der Waals surface area contributed by atoms with Crippen LogP contribution in [0.3, 0.4) is 0 Å². The van der Waals surface area contributed by atoms with E-state index in [1.807, 2.05) is 5.32 Å². The van der Waals surface area contributed by atoms with Gasteiger partial charge in [-0.3, -0.25) is 9.59 Å². The molecule has 30 heavy (non-hydrogen) atoms. The number of halogens is 3. The summed E-state index contributed by atoms with van der Waals surface area (Å²) in [6.07, 6.45) is 0.560. The molecule has 3 heterocycles. The number of alkyl halides is 3. The zero-order valence-corrected chi connectivity index (χ0v) is 16.6. The number of rotatable bonds is 6. The van der Waals surface area contributed by atoms with Crippen molar-refractivity contribution < 1.29 is 22.8 Å². The maximum absolute atomic E-state index is 12.5. The smallest absolute Gasteiger partial charge is 0.356 e. The summed E-state index contributed by atoms with van der Waals surface area (Å²) in [5.74, 6) is -0.334. The number of aromatic amines is 1. The average molecular weight is 424 g/mol. The van der Waals surface area contributed by atoms with E-state index in [0.717, 1.165) is 25.9 Å². The highest BCUT2D eigenvalue weighted by Gasteiger charge is 2.33.